The largest absolute Gasteiger partial charge is 0.439 e. The van der Waals surface area contributed by atoms with Crippen LogP contribution in [-0.4, -0.2) is 15.0 Å². The first-order chi connectivity index (χ1) is 8.81. The molecule has 0 radical (unpaired) electrons. The molecule has 3 rings (SSSR count). The van der Waals surface area contributed by atoms with E-state index < -0.39 is 0 Å². The van der Waals surface area contributed by atoms with Crippen LogP contribution >= 0.6 is 22.6 Å². The molecule has 0 aliphatic rings. The van der Waals surface area contributed by atoms with Gasteiger partial charge in [-0.1, -0.05) is 6.07 Å². The van der Waals surface area contributed by atoms with Crippen LogP contribution in [-0.2, 0) is 0 Å². The Morgan fingerprint density at radius 3 is 2.83 bits per heavy atom. The van der Waals surface area contributed by atoms with E-state index in [1.54, 1.807) is 12.3 Å². The molecule has 3 aromatic rings. The Hall–Kier alpha value is -1.76. The molecule has 0 saturated heterocycles. The lowest BCUT2D eigenvalue weighted by Gasteiger charge is -2.05. The van der Waals surface area contributed by atoms with Crippen molar-refractivity contribution in [3.63, 3.8) is 0 Å². The summed E-state index contributed by atoms with van der Waals surface area (Å²) in [7, 11) is 0. The minimum Gasteiger partial charge on any atom is -0.439 e. The van der Waals surface area contributed by atoms with Crippen molar-refractivity contribution in [2.24, 2.45) is 0 Å². The summed E-state index contributed by atoms with van der Waals surface area (Å²) in [4.78, 5) is 12.4. The normalized spacial score (nSPS) is 10.5. The molecule has 18 heavy (non-hydrogen) atoms. The maximum absolute atomic E-state index is 5.67. The summed E-state index contributed by atoms with van der Waals surface area (Å²) in [5.74, 6) is 1.25. The van der Waals surface area contributed by atoms with Gasteiger partial charge in [0, 0.05) is 23.7 Å². The summed E-state index contributed by atoms with van der Waals surface area (Å²) in [5.41, 5.74) is 0.902. The highest BCUT2D eigenvalue weighted by molar-refractivity contribution is 14.1. The van der Waals surface area contributed by atoms with Gasteiger partial charge in [-0.3, -0.25) is 4.98 Å². The summed E-state index contributed by atoms with van der Waals surface area (Å²) in [6.45, 7) is 0. The lowest BCUT2D eigenvalue weighted by Crippen LogP contribution is -1.90. The molecule has 0 amide bonds. The molecule has 0 fully saturated rings. The Bertz CT molecular complexity index is 702. The Kier molecular flexibility index (Phi) is 3.06. The molecule has 0 N–H and O–H groups in total. The summed E-state index contributed by atoms with van der Waals surface area (Å²) < 4.78 is 6.52. The molecule has 0 unspecified atom stereocenters. The predicted molar refractivity (Wildman–Crippen MR) is 76.6 cm³/mol. The molecule has 1 aromatic carbocycles. The fourth-order valence-corrected chi connectivity index (χ4v) is 1.99. The van der Waals surface area contributed by atoms with Crippen molar-refractivity contribution in [1.29, 1.82) is 0 Å². The predicted octanol–water partition coefficient (Wildman–Crippen LogP) is 3.42. The molecule has 0 atom stereocenters. The Morgan fingerprint density at radius 2 is 1.94 bits per heavy atom. The smallest absolute Gasteiger partial charge is 0.223 e. The standard InChI is InChI=1S/C13H8IN3O/c14-12-7-13(17-8-16-12)18-10-4-3-9-2-1-5-15-11(9)6-10/h1-8H. The summed E-state index contributed by atoms with van der Waals surface area (Å²) >= 11 is 2.12. The molecule has 5 heteroatoms. The number of benzene rings is 1. The van der Waals surface area contributed by atoms with Crippen LogP contribution in [0, 0.1) is 3.70 Å². The van der Waals surface area contributed by atoms with Crippen molar-refractivity contribution in [2.75, 3.05) is 0 Å². The van der Waals surface area contributed by atoms with Crippen LogP contribution in [0.3, 0.4) is 0 Å². The van der Waals surface area contributed by atoms with Crippen molar-refractivity contribution in [2.45, 2.75) is 0 Å². The van der Waals surface area contributed by atoms with Gasteiger partial charge in [-0.25, -0.2) is 9.97 Å². The highest BCUT2D eigenvalue weighted by Gasteiger charge is 2.01. The van der Waals surface area contributed by atoms with Crippen LogP contribution in [0.5, 0.6) is 11.6 Å². The monoisotopic (exact) mass is 349 g/mol. The van der Waals surface area contributed by atoms with Gasteiger partial charge in [0.2, 0.25) is 5.88 Å². The fourth-order valence-electron chi connectivity index (χ4n) is 1.60. The van der Waals surface area contributed by atoms with Gasteiger partial charge in [-0.05, 0) is 40.8 Å². The van der Waals surface area contributed by atoms with Crippen LogP contribution in [0.1, 0.15) is 0 Å². The quantitative estimate of drug-likeness (QED) is 0.525. The first kappa shape index (κ1) is 11.3. The van der Waals surface area contributed by atoms with Gasteiger partial charge in [0.1, 0.15) is 15.8 Å². The van der Waals surface area contributed by atoms with E-state index in [-0.39, 0.29) is 0 Å². The number of hydrogen-bond donors (Lipinski definition) is 0. The molecule has 88 valence electrons. The van der Waals surface area contributed by atoms with Gasteiger partial charge >= 0.3 is 0 Å². The van der Waals surface area contributed by atoms with Gasteiger partial charge in [-0.15, -0.1) is 0 Å². The molecule has 2 heterocycles. The lowest BCUT2D eigenvalue weighted by atomic mass is 10.2. The maximum Gasteiger partial charge on any atom is 0.223 e. The number of ether oxygens (including phenoxy) is 1. The summed E-state index contributed by atoms with van der Waals surface area (Å²) in [5, 5.41) is 1.09. The zero-order valence-corrected chi connectivity index (χ0v) is 11.4. The van der Waals surface area contributed by atoms with Crippen molar-refractivity contribution < 1.29 is 4.74 Å². The third-order valence-corrected chi connectivity index (χ3v) is 3.00. The Morgan fingerprint density at radius 1 is 1.00 bits per heavy atom. The minimum atomic E-state index is 0.532. The van der Waals surface area contributed by atoms with Crippen LogP contribution in [0.4, 0.5) is 0 Å². The molecule has 0 aliphatic heterocycles. The van der Waals surface area contributed by atoms with Gasteiger partial charge < -0.3 is 4.74 Å². The second-order valence-corrected chi connectivity index (χ2v) is 4.74. The Balaban J connectivity index is 1.95. The molecule has 0 saturated carbocycles. The van der Waals surface area contributed by atoms with Crippen LogP contribution < -0.4 is 4.74 Å². The molecule has 0 aliphatic carbocycles. The topological polar surface area (TPSA) is 47.9 Å². The number of halogens is 1. The van der Waals surface area contributed by atoms with E-state index >= 15 is 0 Å². The molecule has 0 spiro atoms. The molecule has 0 bridgehead atoms. The average Bonchev–Trinajstić information content (AvgIpc) is 2.39. The second kappa shape index (κ2) is 4.85. The number of nitrogens with zero attached hydrogens (tertiary/aromatic N) is 3. The zero-order valence-electron chi connectivity index (χ0n) is 9.25. The van der Waals surface area contributed by atoms with E-state index in [2.05, 4.69) is 37.5 Å². The van der Waals surface area contributed by atoms with E-state index in [4.69, 9.17) is 4.74 Å². The van der Waals surface area contributed by atoms with Gasteiger partial charge in [-0.2, -0.15) is 0 Å². The minimum absolute atomic E-state index is 0.532. The number of rotatable bonds is 2. The fraction of sp³-hybridized carbons (Fsp3) is 0. The van der Waals surface area contributed by atoms with E-state index in [1.165, 1.54) is 6.33 Å². The molecule has 2 aromatic heterocycles. The lowest BCUT2D eigenvalue weighted by molar-refractivity contribution is 0.461. The number of pyridine rings is 1. The van der Waals surface area contributed by atoms with Gasteiger partial charge in [0.05, 0.1) is 5.52 Å². The van der Waals surface area contributed by atoms with Crippen molar-refractivity contribution in [3.05, 3.63) is 52.6 Å². The van der Waals surface area contributed by atoms with Crippen molar-refractivity contribution in [3.8, 4) is 11.6 Å². The zero-order chi connectivity index (χ0) is 12.4. The van der Waals surface area contributed by atoms with E-state index in [9.17, 15) is 0 Å². The number of hydrogen-bond acceptors (Lipinski definition) is 4. The second-order valence-electron chi connectivity index (χ2n) is 3.64. The van der Waals surface area contributed by atoms with Gasteiger partial charge in [0.25, 0.3) is 0 Å². The molecular formula is C13H8IN3O. The molecule has 4 nitrogen and oxygen atoms in total. The maximum atomic E-state index is 5.67. The summed E-state index contributed by atoms with van der Waals surface area (Å²) in [6, 6.07) is 11.5. The average molecular weight is 349 g/mol. The highest BCUT2D eigenvalue weighted by atomic mass is 127. The highest BCUT2D eigenvalue weighted by Crippen LogP contribution is 2.23. The van der Waals surface area contributed by atoms with E-state index in [0.717, 1.165) is 20.4 Å². The SMILES string of the molecule is Ic1cc(Oc2ccc3cccnc3c2)ncn1. The summed E-state index contributed by atoms with van der Waals surface area (Å²) in [6.07, 6.45) is 3.25. The van der Waals surface area contributed by atoms with Crippen molar-refractivity contribution in [1.82, 2.24) is 15.0 Å². The third-order valence-electron chi connectivity index (χ3n) is 2.41. The van der Waals surface area contributed by atoms with E-state index in [1.807, 2.05) is 30.3 Å². The Labute approximate surface area is 117 Å². The number of aromatic nitrogens is 3. The third kappa shape index (κ3) is 2.40. The van der Waals surface area contributed by atoms with Crippen LogP contribution in [0.25, 0.3) is 10.9 Å². The first-order valence-electron chi connectivity index (χ1n) is 5.31. The van der Waals surface area contributed by atoms with E-state index in [0.29, 0.717) is 5.88 Å². The molecular weight excluding hydrogens is 341 g/mol. The first-order valence-corrected chi connectivity index (χ1v) is 6.39. The van der Waals surface area contributed by atoms with Crippen LogP contribution in [0.2, 0.25) is 0 Å². The van der Waals surface area contributed by atoms with Gasteiger partial charge in [0.15, 0.2) is 0 Å². The van der Waals surface area contributed by atoms with Crippen LogP contribution in [0.15, 0.2) is 48.9 Å². The number of fused-ring (bicyclic) bond motifs is 1. The van der Waals surface area contributed by atoms with Crippen molar-refractivity contribution >= 4 is 33.5 Å².